The van der Waals surface area contributed by atoms with E-state index in [0.29, 0.717) is 0 Å². The minimum absolute atomic E-state index is 1.04. The van der Waals surface area contributed by atoms with Gasteiger partial charge in [-0.05, 0) is 35.0 Å². The van der Waals surface area contributed by atoms with Gasteiger partial charge in [0.05, 0.1) is 5.52 Å². The number of aromatic nitrogens is 2. The SMILES string of the molecule is Cn1cccc2c3cc4ccccc4cc3nc1-2. The van der Waals surface area contributed by atoms with Gasteiger partial charge in [0, 0.05) is 24.2 Å². The van der Waals surface area contributed by atoms with E-state index in [0.717, 1.165) is 11.3 Å². The first kappa shape index (κ1) is 9.66. The second-order valence-electron chi connectivity index (χ2n) is 4.68. The molecule has 0 saturated heterocycles. The Bertz CT molecular complexity index is 842. The zero-order valence-corrected chi connectivity index (χ0v) is 10.1. The van der Waals surface area contributed by atoms with Crippen LogP contribution in [0.2, 0.25) is 0 Å². The highest BCUT2D eigenvalue weighted by atomic mass is 15.0. The van der Waals surface area contributed by atoms with Crippen molar-refractivity contribution in [1.82, 2.24) is 9.55 Å². The number of fused-ring (bicyclic) bond motifs is 4. The fraction of sp³-hybridized carbons (Fsp3) is 0.0625. The van der Waals surface area contributed by atoms with Crippen molar-refractivity contribution in [1.29, 1.82) is 0 Å². The van der Waals surface area contributed by atoms with Crippen LogP contribution >= 0.6 is 0 Å². The van der Waals surface area contributed by atoms with Crippen LogP contribution < -0.4 is 0 Å². The third-order valence-corrected chi connectivity index (χ3v) is 3.53. The summed E-state index contributed by atoms with van der Waals surface area (Å²) in [7, 11) is 2.04. The molecule has 2 heterocycles. The fourth-order valence-electron chi connectivity index (χ4n) is 2.60. The van der Waals surface area contributed by atoms with Gasteiger partial charge in [0.25, 0.3) is 0 Å². The van der Waals surface area contributed by atoms with Crippen molar-refractivity contribution >= 4 is 21.7 Å². The van der Waals surface area contributed by atoms with Gasteiger partial charge in [-0.3, -0.25) is 0 Å². The largest absolute Gasteiger partial charge is 0.336 e. The van der Waals surface area contributed by atoms with Gasteiger partial charge in [-0.15, -0.1) is 0 Å². The van der Waals surface area contributed by atoms with Crippen LogP contribution in [-0.4, -0.2) is 9.55 Å². The second-order valence-corrected chi connectivity index (χ2v) is 4.68. The van der Waals surface area contributed by atoms with Gasteiger partial charge in [0.1, 0.15) is 5.82 Å². The molecule has 2 aromatic rings. The number of aryl methyl sites for hydroxylation is 1. The van der Waals surface area contributed by atoms with Gasteiger partial charge >= 0.3 is 0 Å². The summed E-state index contributed by atoms with van der Waals surface area (Å²) in [5, 5.41) is 3.75. The lowest BCUT2D eigenvalue weighted by Gasteiger charge is -2.04. The Morgan fingerprint density at radius 2 is 1.72 bits per heavy atom. The van der Waals surface area contributed by atoms with Gasteiger partial charge in [0.2, 0.25) is 0 Å². The predicted octanol–water partition coefficient (Wildman–Crippen LogP) is 3.83. The summed E-state index contributed by atoms with van der Waals surface area (Å²) in [5.41, 5.74) is 2.30. The second kappa shape index (κ2) is 3.33. The smallest absolute Gasteiger partial charge is 0.140 e. The Kier molecular flexibility index (Phi) is 1.78. The van der Waals surface area contributed by atoms with Crippen molar-refractivity contribution in [3.63, 3.8) is 0 Å². The molecule has 0 N–H and O–H groups in total. The summed E-state index contributed by atoms with van der Waals surface area (Å²) in [6, 6.07) is 17.0. The Hall–Kier alpha value is -2.35. The zero-order chi connectivity index (χ0) is 12.1. The number of benzene rings is 2. The van der Waals surface area contributed by atoms with E-state index in [4.69, 9.17) is 4.98 Å². The molecule has 2 aliphatic rings. The van der Waals surface area contributed by atoms with Crippen molar-refractivity contribution in [2.75, 3.05) is 0 Å². The van der Waals surface area contributed by atoms with E-state index in [1.54, 1.807) is 0 Å². The van der Waals surface area contributed by atoms with E-state index in [2.05, 4.69) is 53.1 Å². The van der Waals surface area contributed by atoms with Crippen LogP contribution in [0.5, 0.6) is 0 Å². The molecule has 0 amide bonds. The fourth-order valence-corrected chi connectivity index (χ4v) is 2.60. The van der Waals surface area contributed by atoms with Gasteiger partial charge < -0.3 is 4.57 Å². The molecule has 86 valence electrons. The van der Waals surface area contributed by atoms with Crippen LogP contribution in [0, 0.1) is 0 Å². The molecular formula is C16H12N2. The van der Waals surface area contributed by atoms with Crippen LogP contribution in [0.1, 0.15) is 0 Å². The van der Waals surface area contributed by atoms with Crippen molar-refractivity contribution in [3.8, 4) is 11.4 Å². The predicted molar refractivity (Wildman–Crippen MR) is 74.8 cm³/mol. The minimum atomic E-state index is 1.04. The highest BCUT2D eigenvalue weighted by molar-refractivity contribution is 6.04. The maximum Gasteiger partial charge on any atom is 0.140 e. The molecular weight excluding hydrogens is 220 g/mol. The molecule has 2 aliphatic heterocycles. The average Bonchev–Trinajstić information content (AvgIpc) is 2.76. The van der Waals surface area contributed by atoms with E-state index < -0.39 is 0 Å². The molecule has 0 atom stereocenters. The van der Waals surface area contributed by atoms with Crippen molar-refractivity contribution < 1.29 is 0 Å². The lowest BCUT2D eigenvalue weighted by Crippen LogP contribution is -1.94. The number of pyridine rings is 1. The lowest BCUT2D eigenvalue weighted by molar-refractivity contribution is 0.893. The zero-order valence-electron chi connectivity index (χ0n) is 10.1. The highest BCUT2D eigenvalue weighted by Gasteiger charge is 2.13. The Morgan fingerprint density at radius 3 is 2.56 bits per heavy atom. The summed E-state index contributed by atoms with van der Waals surface area (Å²) >= 11 is 0. The summed E-state index contributed by atoms with van der Waals surface area (Å²) < 4.78 is 2.07. The maximum absolute atomic E-state index is 4.73. The van der Waals surface area contributed by atoms with Crippen LogP contribution in [0.4, 0.5) is 0 Å². The molecule has 2 aromatic carbocycles. The Labute approximate surface area is 105 Å². The molecule has 2 nitrogen and oxygen atoms in total. The monoisotopic (exact) mass is 232 g/mol. The molecule has 0 fully saturated rings. The first-order chi connectivity index (χ1) is 8.83. The molecule has 0 radical (unpaired) electrons. The van der Waals surface area contributed by atoms with Crippen molar-refractivity contribution in [2.45, 2.75) is 0 Å². The number of rotatable bonds is 0. The maximum atomic E-state index is 4.73. The van der Waals surface area contributed by atoms with Crippen LogP contribution in [0.3, 0.4) is 0 Å². The Morgan fingerprint density at radius 1 is 0.944 bits per heavy atom. The van der Waals surface area contributed by atoms with Gasteiger partial charge in [-0.2, -0.15) is 0 Å². The molecule has 18 heavy (non-hydrogen) atoms. The quantitative estimate of drug-likeness (QED) is 0.450. The molecule has 4 rings (SSSR count). The van der Waals surface area contributed by atoms with Gasteiger partial charge in [-0.25, -0.2) is 4.98 Å². The first-order valence-corrected chi connectivity index (χ1v) is 6.06. The summed E-state index contributed by atoms with van der Waals surface area (Å²) in [6.45, 7) is 0. The topological polar surface area (TPSA) is 17.8 Å². The molecule has 2 heteroatoms. The van der Waals surface area contributed by atoms with E-state index in [1.165, 1.54) is 21.7 Å². The van der Waals surface area contributed by atoms with Crippen LogP contribution in [-0.2, 0) is 7.05 Å². The summed E-state index contributed by atoms with van der Waals surface area (Å²) in [6.07, 6.45) is 2.04. The molecule has 0 unspecified atom stereocenters. The first-order valence-electron chi connectivity index (χ1n) is 6.06. The van der Waals surface area contributed by atoms with E-state index in [-0.39, 0.29) is 0 Å². The average molecular weight is 232 g/mol. The van der Waals surface area contributed by atoms with Gasteiger partial charge in [0.15, 0.2) is 0 Å². The number of hydrogen-bond acceptors (Lipinski definition) is 1. The third-order valence-electron chi connectivity index (χ3n) is 3.53. The normalized spacial score (nSPS) is 11.6. The standard InChI is InChI=1S/C16H12N2/c1-18-8-4-7-13-14-9-11-5-2-3-6-12(11)10-15(14)17-16(13)18/h2-10H,1H3. The van der Waals surface area contributed by atoms with Crippen LogP contribution in [0.15, 0.2) is 54.7 Å². The number of hydrogen-bond donors (Lipinski definition) is 0. The van der Waals surface area contributed by atoms with E-state index in [1.807, 2.05) is 13.2 Å². The van der Waals surface area contributed by atoms with E-state index in [9.17, 15) is 0 Å². The van der Waals surface area contributed by atoms with Crippen molar-refractivity contribution in [3.05, 3.63) is 54.7 Å². The molecule has 0 spiro atoms. The third kappa shape index (κ3) is 1.20. The number of nitrogens with zero attached hydrogens (tertiary/aromatic N) is 2. The van der Waals surface area contributed by atoms with E-state index >= 15 is 0 Å². The molecule has 0 aliphatic carbocycles. The summed E-state index contributed by atoms with van der Waals surface area (Å²) in [4.78, 5) is 4.73. The van der Waals surface area contributed by atoms with Gasteiger partial charge in [-0.1, -0.05) is 24.3 Å². The molecule has 0 aromatic heterocycles. The molecule has 0 saturated carbocycles. The van der Waals surface area contributed by atoms with Crippen molar-refractivity contribution in [2.24, 2.45) is 7.05 Å². The minimum Gasteiger partial charge on any atom is -0.336 e. The van der Waals surface area contributed by atoms with Crippen LogP contribution in [0.25, 0.3) is 33.1 Å². The lowest BCUT2D eigenvalue weighted by atomic mass is 10.1. The highest BCUT2D eigenvalue weighted by Crippen LogP contribution is 2.33. The Balaban J connectivity index is 2.23. The summed E-state index contributed by atoms with van der Waals surface area (Å²) in [5.74, 6) is 1.04. The molecule has 0 bridgehead atoms.